The van der Waals surface area contributed by atoms with Crippen LogP contribution in [0.15, 0.2) is 94.7 Å². The number of carbonyl (C=O) groups is 1. The number of hydrogen-bond acceptors (Lipinski definition) is 4. The van der Waals surface area contributed by atoms with Crippen LogP contribution in [-0.2, 0) is 14.6 Å². The van der Waals surface area contributed by atoms with Gasteiger partial charge in [0.1, 0.15) is 5.25 Å². The molecule has 0 aliphatic carbocycles. The fourth-order valence-corrected chi connectivity index (χ4v) is 4.21. The lowest BCUT2D eigenvalue weighted by molar-refractivity contribution is -0.115. The molecule has 4 nitrogen and oxygen atoms in total. The molecule has 0 aromatic heterocycles. The molecule has 1 atom stereocenters. The molecule has 0 fully saturated rings. The van der Waals surface area contributed by atoms with Gasteiger partial charge in [-0.15, -0.1) is 11.8 Å². The number of benzene rings is 3. The highest BCUT2D eigenvalue weighted by molar-refractivity contribution is 8.00. The summed E-state index contributed by atoms with van der Waals surface area (Å²) in [5.41, 5.74) is 1.46. The second kappa shape index (κ2) is 8.41. The van der Waals surface area contributed by atoms with E-state index < -0.39 is 15.1 Å². The fourth-order valence-electron chi connectivity index (χ4n) is 2.53. The number of rotatable bonds is 6. The molecule has 0 saturated carbocycles. The first-order valence-corrected chi connectivity index (χ1v) is 11.1. The highest BCUT2D eigenvalue weighted by atomic mass is 32.2. The van der Waals surface area contributed by atoms with Gasteiger partial charge in [0.05, 0.1) is 4.90 Å². The molecule has 138 valence electrons. The zero-order chi connectivity index (χ0) is 19.3. The molecule has 1 N–H and O–H groups in total. The zero-order valence-corrected chi connectivity index (χ0v) is 16.3. The van der Waals surface area contributed by atoms with Crippen molar-refractivity contribution in [3.05, 3.63) is 90.5 Å². The summed E-state index contributed by atoms with van der Waals surface area (Å²) in [7, 11) is -3.26. The smallest absolute Gasteiger partial charge is 0.242 e. The predicted octanol–water partition coefficient (Wildman–Crippen LogP) is 4.56. The van der Waals surface area contributed by atoms with Gasteiger partial charge in [-0.05, 0) is 42.0 Å². The Morgan fingerprint density at radius 2 is 1.41 bits per heavy atom. The lowest BCUT2D eigenvalue weighted by Crippen LogP contribution is -2.19. The van der Waals surface area contributed by atoms with E-state index in [0.717, 1.165) is 16.7 Å². The van der Waals surface area contributed by atoms with Gasteiger partial charge in [0.2, 0.25) is 5.91 Å². The SMILES string of the molecule is CS(=O)(=O)c1ccc(NC(=O)C(Sc2ccccc2)c2ccccc2)cc1. The van der Waals surface area contributed by atoms with Crippen molar-refractivity contribution in [3.63, 3.8) is 0 Å². The maximum atomic E-state index is 12.9. The highest BCUT2D eigenvalue weighted by Crippen LogP contribution is 2.36. The maximum Gasteiger partial charge on any atom is 0.242 e. The summed E-state index contributed by atoms with van der Waals surface area (Å²) in [6.07, 6.45) is 1.16. The number of hydrogen-bond donors (Lipinski definition) is 1. The normalized spacial score (nSPS) is 12.3. The van der Waals surface area contributed by atoms with E-state index in [1.54, 1.807) is 12.1 Å². The summed E-state index contributed by atoms with van der Waals surface area (Å²) in [4.78, 5) is 14.2. The van der Waals surface area contributed by atoms with E-state index in [0.29, 0.717) is 5.69 Å². The van der Waals surface area contributed by atoms with Gasteiger partial charge < -0.3 is 5.32 Å². The van der Waals surface area contributed by atoms with Gasteiger partial charge in [-0.25, -0.2) is 8.42 Å². The number of carbonyl (C=O) groups excluding carboxylic acids is 1. The van der Waals surface area contributed by atoms with Crippen LogP contribution in [0.5, 0.6) is 0 Å². The van der Waals surface area contributed by atoms with Crippen molar-refractivity contribution >= 4 is 33.2 Å². The molecule has 1 amide bonds. The number of anilines is 1. The molecule has 0 saturated heterocycles. The molecule has 0 heterocycles. The van der Waals surface area contributed by atoms with Crippen LogP contribution in [0.4, 0.5) is 5.69 Å². The minimum atomic E-state index is -3.26. The van der Waals surface area contributed by atoms with Crippen LogP contribution in [0.2, 0.25) is 0 Å². The Balaban J connectivity index is 1.82. The Bertz CT molecular complexity index is 1000. The second-order valence-corrected chi connectivity index (χ2v) is 9.20. The zero-order valence-electron chi connectivity index (χ0n) is 14.7. The number of nitrogens with one attached hydrogen (secondary N) is 1. The third kappa shape index (κ3) is 5.21. The topological polar surface area (TPSA) is 63.2 Å². The largest absolute Gasteiger partial charge is 0.325 e. The summed E-state index contributed by atoms with van der Waals surface area (Å²) in [5, 5.41) is 2.46. The fraction of sp³-hybridized carbons (Fsp3) is 0.0952. The van der Waals surface area contributed by atoms with E-state index in [-0.39, 0.29) is 10.8 Å². The standard InChI is InChI=1S/C21H19NO3S2/c1-27(24,25)19-14-12-17(13-15-19)22-21(23)20(16-8-4-2-5-9-16)26-18-10-6-3-7-11-18/h2-15,20H,1H3,(H,22,23). The average Bonchev–Trinajstić information content (AvgIpc) is 2.67. The van der Waals surface area contributed by atoms with Crippen LogP contribution >= 0.6 is 11.8 Å². The lowest BCUT2D eigenvalue weighted by atomic mass is 10.1. The van der Waals surface area contributed by atoms with Gasteiger partial charge in [0.25, 0.3) is 0 Å². The Kier molecular flexibility index (Phi) is 5.98. The van der Waals surface area contributed by atoms with Crippen molar-refractivity contribution in [3.8, 4) is 0 Å². The van der Waals surface area contributed by atoms with Crippen molar-refractivity contribution in [2.24, 2.45) is 0 Å². The lowest BCUT2D eigenvalue weighted by Gasteiger charge is -2.17. The van der Waals surface area contributed by atoms with Gasteiger partial charge in [-0.1, -0.05) is 48.5 Å². The first-order valence-electron chi connectivity index (χ1n) is 8.31. The van der Waals surface area contributed by atoms with Gasteiger partial charge in [-0.3, -0.25) is 4.79 Å². The molecule has 0 aliphatic heterocycles. The molecule has 6 heteroatoms. The average molecular weight is 398 g/mol. The van der Waals surface area contributed by atoms with E-state index in [1.807, 2.05) is 60.7 Å². The van der Waals surface area contributed by atoms with E-state index >= 15 is 0 Å². The van der Waals surface area contributed by atoms with E-state index in [9.17, 15) is 13.2 Å². The van der Waals surface area contributed by atoms with Crippen LogP contribution in [0.3, 0.4) is 0 Å². The van der Waals surface area contributed by atoms with Crippen molar-refractivity contribution in [1.82, 2.24) is 0 Å². The summed E-state index contributed by atoms with van der Waals surface area (Å²) < 4.78 is 23.1. The first-order chi connectivity index (χ1) is 12.9. The number of sulfone groups is 1. The highest BCUT2D eigenvalue weighted by Gasteiger charge is 2.22. The quantitative estimate of drug-likeness (QED) is 0.619. The molecular formula is C21H19NO3S2. The van der Waals surface area contributed by atoms with Gasteiger partial charge in [0, 0.05) is 16.8 Å². The second-order valence-electron chi connectivity index (χ2n) is 6.01. The maximum absolute atomic E-state index is 12.9. The summed E-state index contributed by atoms with van der Waals surface area (Å²) in [6, 6.07) is 25.5. The molecule has 1 unspecified atom stereocenters. The van der Waals surface area contributed by atoms with Gasteiger partial charge in [-0.2, -0.15) is 0 Å². The Morgan fingerprint density at radius 3 is 1.96 bits per heavy atom. The Hall–Kier alpha value is -2.57. The molecule has 27 heavy (non-hydrogen) atoms. The molecule has 3 aromatic rings. The Morgan fingerprint density at radius 1 is 0.852 bits per heavy atom. The molecule has 0 aliphatic rings. The van der Waals surface area contributed by atoms with E-state index in [1.165, 1.54) is 23.9 Å². The minimum absolute atomic E-state index is 0.165. The van der Waals surface area contributed by atoms with Crippen LogP contribution in [0.1, 0.15) is 10.8 Å². The molecule has 0 bridgehead atoms. The van der Waals surface area contributed by atoms with Crippen LogP contribution in [0, 0.1) is 0 Å². The number of thioether (sulfide) groups is 1. The van der Waals surface area contributed by atoms with Gasteiger partial charge >= 0.3 is 0 Å². The van der Waals surface area contributed by atoms with Crippen molar-refractivity contribution in [2.75, 3.05) is 11.6 Å². The van der Waals surface area contributed by atoms with E-state index in [2.05, 4.69) is 5.32 Å². The van der Waals surface area contributed by atoms with Crippen LogP contribution < -0.4 is 5.32 Å². The molecule has 0 radical (unpaired) electrons. The molecule has 3 rings (SSSR count). The van der Waals surface area contributed by atoms with E-state index in [4.69, 9.17) is 0 Å². The van der Waals surface area contributed by atoms with Crippen LogP contribution in [0.25, 0.3) is 0 Å². The third-order valence-corrected chi connectivity index (χ3v) is 6.28. The third-order valence-electron chi connectivity index (χ3n) is 3.89. The van der Waals surface area contributed by atoms with Gasteiger partial charge in [0.15, 0.2) is 9.84 Å². The number of amides is 1. The van der Waals surface area contributed by atoms with Crippen molar-refractivity contribution in [1.29, 1.82) is 0 Å². The Labute approximate surface area is 163 Å². The van der Waals surface area contributed by atoms with Crippen LogP contribution in [-0.4, -0.2) is 20.6 Å². The molecule has 3 aromatic carbocycles. The monoisotopic (exact) mass is 397 g/mol. The summed E-state index contributed by atoms with van der Waals surface area (Å²) >= 11 is 1.47. The van der Waals surface area contributed by atoms with Crippen molar-refractivity contribution in [2.45, 2.75) is 15.0 Å². The summed E-state index contributed by atoms with van der Waals surface area (Å²) in [5.74, 6) is -0.165. The molecular weight excluding hydrogens is 378 g/mol. The summed E-state index contributed by atoms with van der Waals surface area (Å²) in [6.45, 7) is 0. The minimum Gasteiger partial charge on any atom is -0.325 e. The van der Waals surface area contributed by atoms with Crippen molar-refractivity contribution < 1.29 is 13.2 Å². The molecule has 0 spiro atoms. The predicted molar refractivity (Wildman–Crippen MR) is 110 cm³/mol. The first kappa shape index (κ1) is 19.2.